The molecule has 0 radical (unpaired) electrons. The molecule has 0 bridgehead atoms. The van der Waals surface area contributed by atoms with Gasteiger partial charge in [0.2, 0.25) is 15.9 Å². The summed E-state index contributed by atoms with van der Waals surface area (Å²) < 4.78 is 33.9. The molecule has 174 valence electrons. The highest BCUT2D eigenvalue weighted by atomic mass is 32.2. The third-order valence-corrected chi connectivity index (χ3v) is 8.04. The topological polar surface area (TPSA) is 82.2 Å². The van der Waals surface area contributed by atoms with E-state index in [9.17, 15) is 13.2 Å². The van der Waals surface area contributed by atoms with E-state index in [-0.39, 0.29) is 18.9 Å². The molecular formula is C22H36N4O4S. The van der Waals surface area contributed by atoms with Crippen molar-refractivity contribution in [3.8, 4) is 0 Å². The van der Waals surface area contributed by atoms with Gasteiger partial charge in [-0.25, -0.2) is 8.42 Å². The van der Waals surface area contributed by atoms with Crippen molar-refractivity contribution in [2.24, 2.45) is 0 Å². The molecule has 0 aliphatic carbocycles. The average Bonchev–Trinajstić information content (AvgIpc) is 2.76. The van der Waals surface area contributed by atoms with Gasteiger partial charge >= 0.3 is 0 Å². The first-order valence-corrected chi connectivity index (χ1v) is 12.7. The number of morpholine rings is 1. The predicted octanol–water partition coefficient (Wildman–Crippen LogP) is 0.838. The number of carbonyl (C=O) groups is 1. The molecule has 1 N–H and O–H groups in total. The molecule has 8 nitrogen and oxygen atoms in total. The van der Waals surface area contributed by atoms with Crippen LogP contribution in [0.2, 0.25) is 0 Å². The molecule has 2 fully saturated rings. The Bertz CT molecular complexity index is 834. The van der Waals surface area contributed by atoms with Gasteiger partial charge in [-0.15, -0.1) is 0 Å². The number of amides is 1. The lowest BCUT2D eigenvalue weighted by molar-refractivity contribution is -0.131. The van der Waals surface area contributed by atoms with Gasteiger partial charge in [0.05, 0.1) is 18.1 Å². The lowest BCUT2D eigenvalue weighted by Gasteiger charge is -2.30. The molecule has 2 aliphatic rings. The highest BCUT2D eigenvalue weighted by Crippen LogP contribution is 2.22. The molecule has 2 heterocycles. The van der Waals surface area contributed by atoms with Crippen LogP contribution in [0.15, 0.2) is 23.1 Å². The number of benzene rings is 1. The Kier molecular flexibility index (Phi) is 8.85. The van der Waals surface area contributed by atoms with Crippen LogP contribution >= 0.6 is 0 Å². The number of sulfonamides is 1. The van der Waals surface area contributed by atoms with Gasteiger partial charge < -0.3 is 15.0 Å². The SMILES string of the molecule is Cc1ccc(S(=O)(=O)N(CCCN2CCOCC2)CCC(=O)N2CCNCC2)c(C)c1. The fraction of sp³-hybridized carbons (Fsp3) is 0.682. The van der Waals surface area contributed by atoms with Gasteiger partial charge in [0.15, 0.2) is 0 Å². The third-order valence-electron chi connectivity index (χ3n) is 5.98. The molecule has 0 saturated carbocycles. The molecule has 0 spiro atoms. The van der Waals surface area contributed by atoms with Crippen molar-refractivity contribution in [2.75, 3.05) is 72.1 Å². The van der Waals surface area contributed by atoms with E-state index in [0.717, 1.165) is 63.5 Å². The van der Waals surface area contributed by atoms with Crippen LogP contribution in [0.4, 0.5) is 0 Å². The Balaban J connectivity index is 1.68. The Labute approximate surface area is 186 Å². The highest BCUT2D eigenvalue weighted by Gasteiger charge is 2.27. The first kappa shape index (κ1) is 24.1. The number of nitrogens with zero attached hydrogens (tertiary/aromatic N) is 3. The maximum Gasteiger partial charge on any atom is 0.243 e. The van der Waals surface area contributed by atoms with Crippen LogP contribution in [0.1, 0.15) is 24.0 Å². The summed E-state index contributed by atoms with van der Waals surface area (Å²) in [6.45, 7) is 11.4. The molecule has 1 aromatic rings. The lowest BCUT2D eigenvalue weighted by atomic mass is 10.2. The molecule has 0 unspecified atom stereocenters. The average molecular weight is 453 g/mol. The quantitative estimate of drug-likeness (QED) is 0.598. The molecule has 2 saturated heterocycles. The van der Waals surface area contributed by atoms with Crippen molar-refractivity contribution in [2.45, 2.75) is 31.6 Å². The number of ether oxygens (including phenoxy) is 1. The van der Waals surface area contributed by atoms with Crippen molar-refractivity contribution in [1.82, 2.24) is 19.4 Å². The fourth-order valence-electron chi connectivity index (χ4n) is 4.17. The van der Waals surface area contributed by atoms with Crippen molar-refractivity contribution < 1.29 is 17.9 Å². The minimum absolute atomic E-state index is 0.0236. The van der Waals surface area contributed by atoms with Gasteiger partial charge in [-0.05, 0) is 38.4 Å². The zero-order valence-electron chi connectivity index (χ0n) is 18.8. The normalized spacial score (nSPS) is 18.5. The van der Waals surface area contributed by atoms with Gasteiger partial charge in [0.25, 0.3) is 0 Å². The van der Waals surface area contributed by atoms with E-state index >= 15 is 0 Å². The second-order valence-electron chi connectivity index (χ2n) is 8.36. The van der Waals surface area contributed by atoms with E-state index in [1.165, 1.54) is 4.31 Å². The summed E-state index contributed by atoms with van der Waals surface area (Å²) >= 11 is 0. The smallest absolute Gasteiger partial charge is 0.243 e. The fourth-order valence-corrected chi connectivity index (χ4v) is 5.85. The number of hydrogen-bond acceptors (Lipinski definition) is 6. The van der Waals surface area contributed by atoms with Crippen LogP contribution in [-0.2, 0) is 19.6 Å². The summed E-state index contributed by atoms with van der Waals surface area (Å²) in [5, 5.41) is 3.24. The Hall–Kier alpha value is -1.52. The van der Waals surface area contributed by atoms with E-state index in [1.807, 2.05) is 30.9 Å². The van der Waals surface area contributed by atoms with E-state index in [1.54, 1.807) is 6.07 Å². The maximum atomic E-state index is 13.5. The number of carbonyl (C=O) groups excluding carboxylic acids is 1. The Morgan fingerprint density at radius 2 is 1.81 bits per heavy atom. The largest absolute Gasteiger partial charge is 0.379 e. The molecule has 2 aliphatic heterocycles. The molecule has 31 heavy (non-hydrogen) atoms. The van der Waals surface area contributed by atoms with Crippen LogP contribution in [-0.4, -0.2) is 101 Å². The van der Waals surface area contributed by atoms with Gasteiger partial charge in [-0.1, -0.05) is 17.7 Å². The van der Waals surface area contributed by atoms with Gasteiger partial charge in [0, 0.05) is 58.8 Å². The highest BCUT2D eigenvalue weighted by molar-refractivity contribution is 7.89. The molecule has 3 rings (SSSR count). The summed E-state index contributed by atoms with van der Waals surface area (Å²) in [5.74, 6) is 0.0236. The second-order valence-corrected chi connectivity index (χ2v) is 10.3. The summed E-state index contributed by atoms with van der Waals surface area (Å²) in [6, 6.07) is 5.41. The number of piperazine rings is 1. The first-order chi connectivity index (χ1) is 14.9. The molecule has 0 atom stereocenters. The first-order valence-electron chi connectivity index (χ1n) is 11.2. The zero-order valence-corrected chi connectivity index (χ0v) is 19.6. The monoisotopic (exact) mass is 452 g/mol. The molecule has 0 aromatic heterocycles. The second kappa shape index (κ2) is 11.4. The van der Waals surface area contributed by atoms with Crippen molar-refractivity contribution in [3.05, 3.63) is 29.3 Å². The van der Waals surface area contributed by atoms with Gasteiger partial charge in [-0.3, -0.25) is 9.69 Å². The van der Waals surface area contributed by atoms with Crippen molar-refractivity contribution in [1.29, 1.82) is 0 Å². The predicted molar refractivity (Wildman–Crippen MR) is 121 cm³/mol. The van der Waals surface area contributed by atoms with Gasteiger partial charge in [0.1, 0.15) is 0 Å². The van der Waals surface area contributed by atoms with Crippen molar-refractivity contribution >= 4 is 15.9 Å². The van der Waals surface area contributed by atoms with E-state index < -0.39 is 10.0 Å². The summed E-state index contributed by atoms with van der Waals surface area (Å²) in [4.78, 5) is 17.1. The summed E-state index contributed by atoms with van der Waals surface area (Å²) in [6.07, 6.45) is 0.938. The van der Waals surface area contributed by atoms with Crippen LogP contribution in [0.5, 0.6) is 0 Å². The number of aryl methyl sites for hydroxylation is 2. The minimum Gasteiger partial charge on any atom is -0.379 e. The summed E-state index contributed by atoms with van der Waals surface area (Å²) in [7, 11) is -3.67. The number of hydrogen-bond donors (Lipinski definition) is 1. The zero-order chi connectivity index (χ0) is 22.3. The maximum absolute atomic E-state index is 13.5. The Morgan fingerprint density at radius 3 is 2.48 bits per heavy atom. The van der Waals surface area contributed by atoms with Crippen LogP contribution in [0.25, 0.3) is 0 Å². The molecule has 9 heteroatoms. The standard InChI is InChI=1S/C22H36N4O4S/c1-19-4-5-21(20(2)18-19)31(28,29)26(10-3-9-24-14-16-30-17-15-24)11-6-22(27)25-12-7-23-8-13-25/h4-5,18,23H,3,6-17H2,1-2H3. The van der Waals surface area contributed by atoms with E-state index in [0.29, 0.717) is 24.5 Å². The van der Waals surface area contributed by atoms with E-state index in [2.05, 4.69) is 10.2 Å². The third kappa shape index (κ3) is 6.73. The lowest BCUT2D eigenvalue weighted by Crippen LogP contribution is -2.47. The Morgan fingerprint density at radius 1 is 1.10 bits per heavy atom. The molecular weight excluding hydrogens is 416 g/mol. The number of rotatable bonds is 9. The van der Waals surface area contributed by atoms with Crippen molar-refractivity contribution in [3.63, 3.8) is 0 Å². The molecule has 1 amide bonds. The molecule has 1 aromatic carbocycles. The summed E-state index contributed by atoms with van der Waals surface area (Å²) in [5.41, 5.74) is 1.77. The number of nitrogens with one attached hydrogen (secondary N) is 1. The van der Waals surface area contributed by atoms with E-state index in [4.69, 9.17) is 4.74 Å². The van der Waals surface area contributed by atoms with Crippen LogP contribution in [0.3, 0.4) is 0 Å². The minimum atomic E-state index is -3.67. The van der Waals surface area contributed by atoms with Gasteiger partial charge in [-0.2, -0.15) is 4.31 Å². The van der Waals surface area contributed by atoms with Crippen LogP contribution in [0, 0.1) is 13.8 Å². The van der Waals surface area contributed by atoms with Crippen LogP contribution < -0.4 is 5.32 Å².